The Morgan fingerprint density at radius 3 is 2.65 bits per heavy atom. The van der Waals surface area contributed by atoms with E-state index in [1.54, 1.807) is 12.1 Å². The number of nitro groups is 1. The molecule has 1 aromatic carbocycles. The van der Waals surface area contributed by atoms with Crippen LogP contribution in [0.4, 0.5) is 11.4 Å². The van der Waals surface area contributed by atoms with Crippen LogP contribution in [0.2, 0.25) is 0 Å². The fourth-order valence-electron chi connectivity index (χ4n) is 1.64. The Morgan fingerprint density at radius 1 is 1.47 bits per heavy atom. The van der Waals surface area contributed by atoms with Gasteiger partial charge in [0.05, 0.1) is 4.92 Å². The molecule has 0 aliphatic carbocycles. The number of hydrogen-bond donors (Lipinski definition) is 1. The van der Waals surface area contributed by atoms with Crippen LogP contribution in [-0.4, -0.2) is 25.1 Å². The van der Waals surface area contributed by atoms with E-state index in [0.717, 1.165) is 12.2 Å². The van der Waals surface area contributed by atoms with Crippen molar-refractivity contribution in [3.8, 4) is 0 Å². The number of hydrogen-bond acceptors (Lipinski definition) is 4. The van der Waals surface area contributed by atoms with Crippen molar-refractivity contribution in [3.63, 3.8) is 0 Å². The van der Waals surface area contributed by atoms with Crippen LogP contribution in [0.5, 0.6) is 0 Å². The summed E-state index contributed by atoms with van der Waals surface area (Å²) in [6.45, 7) is 5.47. The van der Waals surface area contributed by atoms with Gasteiger partial charge in [0.25, 0.3) is 5.69 Å². The Kier molecular flexibility index (Phi) is 4.07. The molecule has 1 rings (SSSR count). The fraction of sp³-hybridized carbons (Fsp3) is 0.500. The van der Waals surface area contributed by atoms with Crippen molar-refractivity contribution in [2.75, 3.05) is 25.0 Å². The lowest BCUT2D eigenvalue weighted by molar-refractivity contribution is -0.384. The highest BCUT2D eigenvalue weighted by atomic mass is 16.6. The van der Waals surface area contributed by atoms with E-state index in [1.165, 1.54) is 6.07 Å². The maximum atomic E-state index is 10.7. The zero-order valence-electron chi connectivity index (χ0n) is 10.5. The van der Waals surface area contributed by atoms with Crippen LogP contribution in [0, 0.1) is 15.5 Å². The summed E-state index contributed by atoms with van der Waals surface area (Å²) in [4.78, 5) is 12.3. The molecule has 0 saturated carbocycles. The standard InChI is InChI=1S/C12H19N3O2/c1-12(2,8-13)9-14(3)10-5-4-6-11(7-10)15(16)17/h4-7H,8-9,13H2,1-3H3. The smallest absolute Gasteiger partial charge is 0.271 e. The summed E-state index contributed by atoms with van der Waals surface area (Å²) in [7, 11) is 1.91. The highest BCUT2D eigenvalue weighted by Gasteiger charge is 2.19. The Morgan fingerprint density at radius 2 is 2.12 bits per heavy atom. The lowest BCUT2D eigenvalue weighted by atomic mass is 9.93. The van der Waals surface area contributed by atoms with Gasteiger partial charge in [0.2, 0.25) is 0 Å². The van der Waals surface area contributed by atoms with Gasteiger partial charge in [-0.3, -0.25) is 10.1 Å². The molecular weight excluding hydrogens is 218 g/mol. The number of non-ortho nitro benzene ring substituents is 1. The van der Waals surface area contributed by atoms with Gasteiger partial charge in [0.15, 0.2) is 0 Å². The number of nitrogens with two attached hydrogens (primary N) is 1. The number of nitro benzene ring substituents is 1. The van der Waals surface area contributed by atoms with Crippen LogP contribution in [0.3, 0.4) is 0 Å². The molecule has 0 fully saturated rings. The molecule has 2 N–H and O–H groups in total. The molecule has 0 bridgehead atoms. The van der Waals surface area contributed by atoms with E-state index in [1.807, 2.05) is 18.0 Å². The quantitative estimate of drug-likeness (QED) is 0.628. The van der Waals surface area contributed by atoms with E-state index in [4.69, 9.17) is 5.73 Å². The molecule has 0 unspecified atom stereocenters. The van der Waals surface area contributed by atoms with E-state index in [9.17, 15) is 10.1 Å². The molecule has 5 nitrogen and oxygen atoms in total. The Balaban J connectivity index is 2.85. The summed E-state index contributed by atoms with van der Waals surface area (Å²) >= 11 is 0. The minimum atomic E-state index is -0.384. The van der Waals surface area contributed by atoms with Gasteiger partial charge < -0.3 is 10.6 Å². The van der Waals surface area contributed by atoms with Gasteiger partial charge in [-0.15, -0.1) is 0 Å². The van der Waals surface area contributed by atoms with Crippen LogP contribution >= 0.6 is 0 Å². The van der Waals surface area contributed by atoms with Gasteiger partial charge in [0, 0.05) is 31.4 Å². The molecular formula is C12H19N3O2. The Hall–Kier alpha value is -1.62. The molecule has 1 aromatic rings. The number of benzene rings is 1. The molecule has 0 heterocycles. The van der Waals surface area contributed by atoms with Gasteiger partial charge in [-0.1, -0.05) is 19.9 Å². The second-order valence-corrected chi connectivity index (χ2v) is 5.00. The van der Waals surface area contributed by atoms with Gasteiger partial charge in [-0.2, -0.15) is 0 Å². The van der Waals surface area contributed by atoms with Crippen LogP contribution in [0.15, 0.2) is 24.3 Å². The molecule has 5 heteroatoms. The van der Waals surface area contributed by atoms with Crippen LogP contribution in [0.1, 0.15) is 13.8 Å². The van der Waals surface area contributed by atoms with Gasteiger partial charge >= 0.3 is 0 Å². The summed E-state index contributed by atoms with van der Waals surface area (Å²) < 4.78 is 0. The van der Waals surface area contributed by atoms with E-state index in [-0.39, 0.29) is 16.0 Å². The molecule has 0 spiro atoms. The minimum Gasteiger partial charge on any atom is -0.374 e. The lowest BCUT2D eigenvalue weighted by Gasteiger charge is -2.30. The third-order valence-corrected chi connectivity index (χ3v) is 2.70. The lowest BCUT2D eigenvalue weighted by Crippen LogP contribution is -2.36. The van der Waals surface area contributed by atoms with Gasteiger partial charge in [-0.05, 0) is 18.0 Å². The fourth-order valence-corrected chi connectivity index (χ4v) is 1.64. The minimum absolute atomic E-state index is 0.0145. The molecule has 0 aliphatic rings. The van der Waals surface area contributed by atoms with Crippen LogP contribution < -0.4 is 10.6 Å². The molecule has 0 amide bonds. The topological polar surface area (TPSA) is 72.4 Å². The van der Waals surface area contributed by atoms with Crippen molar-refractivity contribution >= 4 is 11.4 Å². The van der Waals surface area contributed by atoms with Crippen molar-refractivity contribution in [1.82, 2.24) is 0 Å². The zero-order chi connectivity index (χ0) is 13.1. The maximum Gasteiger partial charge on any atom is 0.271 e. The summed E-state index contributed by atoms with van der Waals surface area (Å²) in [6.07, 6.45) is 0. The first-order valence-corrected chi connectivity index (χ1v) is 5.51. The Bertz CT molecular complexity index is 404. The average molecular weight is 237 g/mol. The van der Waals surface area contributed by atoms with E-state index in [2.05, 4.69) is 13.8 Å². The third kappa shape index (κ3) is 3.71. The van der Waals surface area contributed by atoms with Crippen molar-refractivity contribution in [3.05, 3.63) is 34.4 Å². The highest BCUT2D eigenvalue weighted by Crippen LogP contribution is 2.23. The van der Waals surface area contributed by atoms with Crippen LogP contribution in [-0.2, 0) is 0 Å². The predicted molar refractivity (Wildman–Crippen MR) is 69.2 cm³/mol. The van der Waals surface area contributed by atoms with E-state index >= 15 is 0 Å². The number of nitrogens with zero attached hydrogens (tertiary/aromatic N) is 2. The summed E-state index contributed by atoms with van der Waals surface area (Å²) in [5, 5.41) is 10.7. The van der Waals surface area contributed by atoms with Gasteiger partial charge in [0.1, 0.15) is 0 Å². The van der Waals surface area contributed by atoms with Crippen molar-refractivity contribution < 1.29 is 4.92 Å². The van der Waals surface area contributed by atoms with Gasteiger partial charge in [-0.25, -0.2) is 0 Å². The SMILES string of the molecule is CN(CC(C)(C)CN)c1cccc([N+](=O)[O-])c1. The number of rotatable bonds is 5. The van der Waals surface area contributed by atoms with E-state index in [0.29, 0.717) is 6.54 Å². The molecule has 17 heavy (non-hydrogen) atoms. The summed E-state index contributed by atoms with van der Waals surface area (Å²) in [5.74, 6) is 0. The first-order chi connectivity index (χ1) is 7.85. The second-order valence-electron chi connectivity index (χ2n) is 5.00. The molecule has 0 saturated heterocycles. The van der Waals surface area contributed by atoms with Crippen molar-refractivity contribution in [2.45, 2.75) is 13.8 Å². The maximum absolute atomic E-state index is 10.7. The Labute approximate surface area is 101 Å². The molecule has 0 aromatic heterocycles. The third-order valence-electron chi connectivity index (χ3n) is 2.70. The molecule has 0 atom stereocenters. The normalized spacial score (nSPS) is 11.3. The largest absolute Gasteiger partial charge is 0.374 e. The first kappa shape index (κ1) is 13.4. The zero-order valence-corrected chi connectivity index (χ0v) is 10.5. The highest BCUT2D eigenvalue weighted by molar-refractivity contribution is 5.52. The molecule has 0 aliphatic heterocycles. The number of anilines is 1. The molecule has 0 radical (unpaired) electrons. The van der Waals surface area contributed by atoms with Crippen molar-refractivity contribution in [2.24, 2.45) is 11.1 Å². The predicted octanol–water partition coefficient (Wildman–Crippen LogP) is 2.02. The van der Waals surface area contributed by atoms with E-state index < -0.39 is 0 Å². The summed E-state index contributed by atoms with van der Waals surface area (Å²) in [5.41, 5.74) is 6.61. The monoisotopic (exact) mass is 237 g/mol. The van der Waals surface area contributed by atoms with Crippen LogP contribution in [0.25, 0.3) is 0 Å². The molecule has 94 valence electrons. The average Bonchev–Trinajstić information content (AvgIpc) is 2.28. The summed E-state index contributed by atoms with van der Waals surface area (Å²) in [6, 6.07) is 6.62. The first-order valence-electron chi connectivity index (χ1n) is 5.51. The second kappa shape index (κ2) is 5.14. The van der Waals surface area contributed by atoms with Crippen molar-refractivity contribution in [1.29, 1.82) is 0 Å².